The lowest BCUT2D eigenvalue weighted by Gasteiger charge is -2.16. The molecule has 0 spiro atoms. The van der Waals surface area contributed by atoms with E-state index in [1.807, 2.05) is 43.3 Å². The minimum Gasteiger partial charge on any atom is -0.457 e. The van der Waals surface area contributed by atoms with Gasteiger partial charge in [-0.05, 0) is 54.1 Å². The molecule has 140 valence electrons. The van der Waals surface area contributed by atoms with Crippen LogP contribution in [0.1, 0.15) is 18.2 Å². The highest BCUT2D eigenvalue weighted by Crippen LogP contribution is 2.38. The van der Waals surface area contributed by atoms with E-state index < -0.39 is 0 Å². The van der Waals surface area contributed by atoms with Crippen LogP contribution in [0.3, 0.4) is 0 Å². The molecule has 0 atom stereocenters. The monoisotopic (exact) mass is 409 g/mol. The number of furan rings is 1. The molecule has 1 aliphatic rings. The number of carbonyl (C=O) groups excluding carboxylic acids is 2. The van der Waals surface area contributed by atoms with Gasteiger partial charge in [0.15, 0.2) is 0 Å². The van der Waals surface area contributed by atoms with E-state index in [1.54, 1.807) is 30.3 Å². The number of hydrogen-bond acceptors (Lipinski definition) is 4. The number of anilines is 1. The van der Waals surface area contributed by atoms with Crippen LogP contribution in [0.2, 0.25) is 5.02 Å². The molecule has 1 aliphatic heterocycles. The standard InChI is InChI=1S/C22H16ClNO3S/c1-2-14-7-3-6-10-18(14)24-21(25)20(28-22(24)26)13-15-11-12-19(27-15)16-8-4-5-9-17(16)23/h3-13H,2H2,1H3/b20-13+. The second-order valence-corrected chi connectivity index (χ2v) is 7.58. The maximum atomic E-state index is 12.9. The first-order valence-corrected chi connectivity index (χ1v) is 9.98. The molecule has 1 aromatic heterocycles. The second kappa shape index (κ2) is 7.70. The van der Waals surface area contributed by atoms with Crippen LogP contribution in [0, 0.1) is 0 Å². The highest BCUT2D eigenvalue weighted by Gasteiger charge is 2.37. The normalized spacial score (nSPS) is 15.6. The van der Waals surface area contributed by atoms with Crippen molar-refractivity contribution in [2.24, 2.45) is 0 Å². The highest BCUT2D eigenvalue weighted by atomic mass is 35.5. The molecule has 4 rings (SSSR count). The fourth-order valence-corrected chi connectivity index (χ4v) is 4.11. The smallest absolute Gasteiger partial charge is 0.298 e. The predicted octanol–water partition coefficient (Wildman–Crippen LogP) is 6.40. The Labute approximate surface area is 171 Å². The zero-order valence-corrected chi connectivity index (χ0v) is 16.6. The van der Waals surface area contributed by atoms with Gasteiger partial charge in [-0.15, -0.1) is 0 Å². The number of carbonyl (C=O) groups is 2. The number of thioether (sulfide) groups is 1. The molecule has 6 heteroatoms. The summed E-state index contributed by atoms with van der Waals surface area (Å²) in [5.41, 5.74) is 2.35. The van der Waals surface area contributed by atoms with E-state index >= 15 is 0 Å². The molecule has 0 bridgehead atoms. The van der Waals surface area contributed by atoms with Gasteiger partial charge in [0.25, 0.3) is 11.1 Å². The first kappa shape index (κ1) is 18.6. The Kier molecular flexibility index (Phi) is 5.11. The summed E-state index contributed by atoms with van der Waals surface area (Å²) in [7, 11) is 0. The van der Waals surface area contributed by atoms with Crippen molar-refractivity contribution >= 4 is 46.3 Å². The number of nitrogens with zero attached hydrogens (tertiary/aromatic N) is 1. The molecule has 28 heavy (non-hydrogen) atoms. The summed E-state index contributed by atoms with van der Waals surface area (Å²) in [6.45, 7) is 1.99. The predicted molar refractivity (Wildman–Crippen MR) is 113 cm³/mol. The number of para-hydroxylation sites is 1. The molecule has 0 N–H and O–H groups in total. The van der Waals surface area contributed by atoms with Crippen LogP contribution in [0.5, 0.6) is 0 Å². The molecule has 2 heterocycles. The van der Waals surface area contributed by atoms with Crippen LogP contribution in [-0.2, 0) is 11.2 Å². The Bertz CT molecular complexity index is 1100. The van der Waals surface area contributed by atoms with Crippen molar-refractivity contribution in [3.05, 3.63) is 81.9 Å². The molecular formula is C22H16ClNO3S. The Balaban J connectivity index is 1.64. The molecule has 0 unspecified atom stereocenters. The first-order valence-electron chi connectivity index (χ1n) is 8.79. The summed E-state index contributed by atoms with van der Waals surface area (Å²) >= 11 is 7.12. The summed E-state index contributed by atoms with van der Waals surface area (Å²) in [6, 6.07) is 18.4. The highest BCUT2D eigenvalue weighted by molar-refractivity contribution is 8.19. The average Bonchev–Trinajstić information content (AvgIpc) is 3.27. The molecule has 1 fully saturated rings. The van der Waals surface area contributed by atoms with Gasteiger partial charge >= 0.3 is 0 Å². The van der Waals surface area contributed by atoms with Crippen molar-refractivity contribution < 1.29 is 14.0 Å². The first-order chi connectivity index (χ1) is 13.6. The van der Waals surface area contributed by atoms with Gasteiger partial charge in [-0.25, -0.2) is 4.90 Å². The number of halogens is 1. The van der Waals surface area contributed by atoms with Crippen LogP contribution >= 0.6 is 23.4 Å². The van der Waals surface area contributed by atoms with E-state index in [2.05, 4.69) is 0 Å². The minimum atomic E-state index is -0.341. The molecule has 0 saturated carbocycles. The Morgan fingerprint density at radius 1 is 1.04 bits per heavy atom. The molecule has 0 radical (unpaired) electrons. The van der Waals surface area contributed by atoms with Crippen LogP contribution in [-0.4, -0.2) is 11.1 Å². The van der Waals surface area contributed by atoms with E-state index in [0.717, 1.165) is 29.3 Å². The van der Waals surface area contributed by atoms with Crippen molar-refractivity contribution in [2.75, 3.05) is 4.90 Å². The van der Waals surface area contributed by atoms with Gasteiger partial charge in [-0.3, -0.25) is 9.59 Å². The average molecular weight is 410 g/mol. The summed E-state index contributed by atoms with van der Waals surface area (Å²) in [6.07, 6.45) is 2.33. The Morgan fingerprint density at radius 3 is 2.57 bits per heavy atom. The molecule has 1 saturated heterocycles. The third-order valence-electron chi connectivity index (χ3n) is 4.45. The number of amides is 2. The number of rotatable bonds is 4. The van der Waals surface area contributed by atoms with Crippen molar-refractivity contribution in [3.63, 3.8) is 0 Å². The van der Waals surface area contributed by atoms with Gasteiger partial charge in [0.2, 0.25) is 0 Å². The minimum absolute atomic E-state index is 0.310. The van der Waals surface area contributed by atoms with E-state index in [4.69, 9.17) is 16.0 Å². The lowest BCUT2D eigenvalue weighted by Crippen LogP contribution is -2.28. The van der Waals surface area contributed by atoms with Gasteiger partial charge in [0, 0.05) is 11.6 Å². The summed E-state index contributed by atoms with van der Waals surface area (Å²) in [5, 5.41) is 0.273. The van der Waals surface area contributed by atoms with Crippen molar-refractivity contribution in [1.29, 1.82) is 0 Å². The molecule has 4 nitrogen and oxygen atoms in total. The van der Waals surface area contributed by atoms with Crippen molar-refractivity contribution in [2.45, 2.75) is 13.3 Å². The van der Waals surface area contributed by atoms with E-state index in [1.165, 1.54) is 4.90 Å². The van der Waals surface area contributed by atoms with E-state index in [0.29, 0.717) is 27.1 Å². The number of imide groups is 1. The molecule has 2 aromatic carbocycles. The lowest BCUT2D eigenvalue weighted by molar-refractivity contribution is -0.113. The number of benzene rings is 2. The quantitative estimate of drug-likeness (QED) is 0.467. The van der Waals surface area contributed by atoms with Crippen LogP contribution < -0.4 is 4.90 Å². The maximum Gasteiger partial charge on any atom is 0.298 e. The van der Waals surface area contributed by atoms with Gasteiger partial charge in [0.05, 0.1) is 15.6 Å². The third kappa shape index (κ3) is 3.39. The zero-order chi connectivity index (χ0) is 19.7. The second-order valence-electron chi connectivity index (χ2n) is 6.18. The van der Waals surface area contributed by atoms with Gasteiger partial charge < -0.3 is 4.42 Å². The molecular weight excluding hydrogens is 394 g/mol. The summed E-state index contributed by atoms with van der Waals surface area (Å²) < 4.78 is 5.83. The van der Waals surface area contributed by atoms with Gasteiger partial charge in [-0.1, -0.05) is 48.9 Å². The Hall–Kier alpha value is -2.76. The fourth-order valence-electron chi connectivity index (χ4n) is 3.07. The molecule has 2 amide bonds. The summed E-state index contributed by atoms with van der Waals surface area (Å²) in [4.78, 5) is 26.9. The molecule has 0 aliphatic carbocycles. The van der Waals surface area contributed by atoms with Crippen LogP contribution in [0.25, 0.3) is 17.4 Å². The largest absolute Gasteiger partial charge is 0.457 e. The third-order valence-corrected chi connectivity index (χ3v) is 5.65. The fraction of sp³-hybridized carbons (Fsp3) is 0.0909. The zero-order valence-electron chi connectivity index (χ0n) is 15.0. The number of hydrogen-bond donors (Lipinski definition) is 0. The maximum absolute atomic E-state index is 12.9. The lowest BCUT2D eigenvalue weighted by atomic mass is 10.1. The van der Waals surface area contributed by atoms with E-state index in [-0.39, 0.29) is 11.1 Å². The Morgan fingerprint density at radius 2 is 1.79 bits per heavy atom. The topological polar surface area (TPSA) is 50.5 Å². The van der Waals surface area contributed by atoms with Gasteiger partial charge in [0.1, 0.15) is 11.5 Å². The van der Waals surface area contributed by atoms with E-state index in [9.17, 15) is 9.59 Å². The SMILES string of the molecule is CCc1ccccc1N1C(=O)S/C(=C/c2ccc(-c3ccccc3Cl)o2)C1=O. The van der Waals surface area contributed by atoms with Gasteiger partial charge in [-0.2, -0.15) is 0 Å². The van der Waals surface area contributed by atoms with Crippen LogP contribution in [0.4, 0.5) is 10.5 Å². The van der Waals surface area contributed by atoms with Crippen molar-refractivity contribution in [3.8, 4) is 11.3 Å². The number of aryl methyl sites for hydroxylation is 1. The van der Waals surface area contributed by atoms with Crippen molar-refractivity contribution in [1.82, 2.24) is 0 Å². The van der Waals surface area contributed by atoms with Crippen LogP contribution in [0.15, 0.2) is 70.0 Å². The summed E-state index contributed by atoms with van der Waals surface area (Å²) in [5.74, 6) is 0.753. The molecule has 3 aromatic rings.